The first kappa shape index (κ1) is 13.1. The molecule has 3 saturated carbocycles. The Balaban J connectivity index is 0.000000165. The third-order valence-electron chi connectivity index (χ3n) is 2.91. The molecule has 0 bridgehead atoms. The molecule has 0 aromatic rings. The van der Waals surface area contributed by atoms with E-state index < -0.39 is 39.9 Å². The number of hydrogen-bond donors (Lipinski definition) is 0. The first-order valence-corrected chi connectivity index (χ1v) is 24.1. The van der Waals surface area contributed by atoms with E-state index in [9.17, 15) is 0 Å². The normalized spacial score (nSPS) is 26.4. The quantitative estimate of drug-likeness (QED) is 0.392. The molecule has 0 aliphatic heterocycles. The van der Waals surface area contributed by atoms with Crippen molar-refractivity contribution in [3.05, 3.63) is 0 Å². The molecule has 5 heteroatoms. The molecule has 0 spiro atoms. The molecule has 82 valence electrons. The number of halogens is 3. The molecule has 0 radical (unpaired) electrons. The van der Waals surface area contributed by atoms with Gasteiger partial charge in [0.05, 0.1) is 0 Å². The van der Waals surface area contributed by atoms with Gasteiger partial charge in [-0.3, -0.25) is 0 Å². The van der Waals surface area contributed by atoms with Crippen LogP contribution in [0.1, 0.15) is 38.5 Å². The van der Waals surface area contributed by atoms with Crippen LogP contribution in [0.5, 0.6) is 0 Å². The van der Waals surface area contributed by atoms with Gasteiger partial charge in [0, 0.05) is 0 Å². The molecule has 3 rings (SSSR count). The Morgan fingerprint density at radius 1 is 0.643 bits per heavy atom. The van der Waals surface area contributed by atoms with E-state index in [0.29, 0.717) is 0 Å². The van der Waals surface area contributed by atoms with Crippen LogP contribution in [0.25, 0.3) is 0 Å². The van der Waals surface area contributed by atoms with Crippen molar-refractivity contribution < 1.29 is 0 Å². The summed E-state index contributed by atoms with van der Waals surface area (Å²) in [5, 5.41) is 0. The van der Waals surface area contributed by atoms with E-state index in [-0.39, 0.29) is 0 Å². The fourth-order valence-electron chi connectivity index (χ4n) is 2.01. The van der Waals surface area contributed by atoms with Crippen LogP contribution in [-0.4, -0.2) is 39.9 Å². The van der Waals surface area contributed by atoms with Gasteiger partial charge in [-0.1, -0.05) is 0 Å². The second-order valence-corrected chi connectivity index (χ2v) is 31.3. The van der Waals surface area contributed by atoms with E-state index >= 15 is 0 Å². The Morgan fingerprint density at radius 3 is 1.00 bits per heavy atom. The summed E-state index contributed by atoms with van der Waals surface area (Å²) in [6, 6.07) is 0. The Labute approximate surface area is 113 Å². The van der Waals surface area contributed by atoms with E-state index in [1.807, 2.05) is 0 Å². The Hall–Kier alpha value is 2.64. The van der Waals surface area contributed by atoms with Gasteiger partial charge in [-0.05, 0) is 0 Å². The molecule has 3 fully saturated rings. The predicted molar refractivity (Wildman–Crippen MR) is 68.0 cm³/mol. The van der Waals surface area contributed by atoms with Crippen LogP contribution in [0.15, 0.2) is 0 Å². The molecule has 3 aliphatic carbocycles. The van der Waals surface area contributed by atoms with Gasteiger partial charge >= 0.3 is 115 Å². The predicted octanol–water partition coefficient (Wildman–Crippen LogP) is 4.66. The van der Waals surface area contributed by atoms with Crippen LogP contribution < -0.4 is 0 Å². The summed E-state index contributed by atoms with van der Waals surface area (Å²) in [5.41, 5.74) is 0. The Bertz CT molecular complexity index is 157. The van der Waals surface area contributed by atoms with E-state index in [0.717, 1.165) is 0 Å². The number of rotatable bonds is 3. The summed E-state index contributed by atoms with van der Waals surface area (Å²) in [6.45, 7) is 0. The average Bonchev–Trinajstić information content (AvgIpc) is 2.96. The SMILES string of the molecule is C1C[CH]1[Bi]([CH]1CC1)[CH]1CC1.[Cl][Bi]([Cl])[Cl]. The summed E-state index contributed by atoms with van der Waals surface area (Å²) >= 11 is -2.92. The second kappa shape index (κ2) is 6.00. The zero-order valence-corrected chi connectivity index (χ0v) is 17.2. The molecule has 0 aromatic heterocycles. The molecule has 0 nitrogen and oxygen atoms in total. The molecule has 0 N–H and O–H groups in total. The van der Waals surface area contributed by atoms with Crippen molar-refractivity contribution in [2.45, 2.75) is 49.4 Å². The van der Waals surface area contributed by atoms with Gasteiger partial charge in [0.1, 0.15) is 0 Å². The van der Waals surface area contributed by atoms with Crippen molar-refractivity contribution in [3.63, 3.8) is 0 Å². The van der Waals surface area contributed by atoms with E-state index in [2.05, 4.69) is 0 Å². The molecule has 0 aromatic carbocycles. The standard InChI is InChI=1S/3C3H5.2Bi.3ClH/c3*1-2-3-1;;;;;/h3*1H,2-3H2;;;3*1H/q;;;;+3;;;/p-3. The van der Waals surface area contributed by atoms with Gasteiger partial charge in [0.2, 0.25) is 0 Å². The van der Waals surface area contributed by atoms with E-state index in [1.165, 1.54) is 10.9 Å². The van der Waals surface area contributed by atoms with Gasteiger partial charge in [-0.15, -0.1) is 0 Å². The maximum absolute atomic E-state index is 5.01. The Morgan fingerprint density at radius 2 is 0.857 bits per heavy atom. The minimum atomic E-state index is -2.18. The summed E-state index contributed by atoms with van der Waals surface area (Å²) in [6.07, 6.45) is 10.0. The fraction of sp³-hybridized carbons (Fsp3) is 1.00. The van der Waals surface area contributed by atoms with Gasteiger partial charge < -0.3 is 0 Å². The Kier molecular flexibility index (Phi) is 5.60. The minimum absolute atomic E-state index is 0.747. The van der Waals surface area contributed by atoms with Crippen LogP contribution in [0, 0.1) is 0 Å². The first-order chi connectivity index (χ1) is 6.68. The van der Waals surface area contributed by atoms with E-state index in [4.69, 9.17) is 25.5 Å². The molecule has 14 heavy (non-hydrogen) atoms. The average molecular weight is 648 g/mol. The van der Waals surface area contributed by atoms with Gasteiger partial charge in [0.15, 0.2) is 0 Å². The topological polar surface area (TPSA) is 0 Å². The van der Waals surface area contributed by atoms with Crippen LogP contribution >= 0.6 is 25.5 Å². The summed E-state index contributed by atoms with van der Waals surface area (Å²) in [7, 11) is 15.0. The zero-order valence-electron chi connectivity index (χ0n) is 8.00. The van der Waals surface area contributed by atoms with Gasteiger partial charge in [-0.25, -0.2) is 0 Å². The summed E-state index contributed by atoms with van der Waals surface area (Å²) in [4.78, 5) is 0. The molecule has 0 atom stereocenters. The third-order valence-corrected chi connectivity index (χ3v) is 18.8. The summed E-state index contributed by atoms with van der Waals surface area (Å²) < 4.78 is 4.24. The fourth-order valence-corrected chi connectivity index (χ4v) is 17.7. The van der Waals surface area contributed by atoms with Crippen molar-refractivity contribution in [2.75, 3.05) is 0 Å². The summed E-state index contributed by atoms with van der Waals surface area (Å²) in [5.74, 6) is 0. The molecule has 0 saturated heterocycles. The van der Waals surface area contributed by atoms with E-state index in [1.54, 1.807) is 38.5 Å². The maximum atomic E-state index is 5.01. The zero-order chi connectivity index (χ0) is 10.1. The molecule has 3 aliphatic rings. The van der Waals surface area contributed by atoms with Crippen molar-refractivity contribution in [3.8, 4) is 0 Å². The van der Waals surface area contributed by atoms with Crippen LogP contribution in [0.4, 0.5) is 0 Å². The molecule has 0 amide bonds. The molecular formula is C9H15Bi2Cl3. The van der Waals surface area contributed by atoms with Crippen LogP contribution in [0.3, 0.4) is 0 Å². The van der Waals surface area contributed by atoms with Crippen molar-refractivity contribution >= 4 is 65.5 Å². The first-order valence-electron chi connectivity index (χ1n) is 5.23. The van der Waals surface area contributed by atoms with Crippen molar-refractivity contribution in [2.24, 2.45) is 0 Å². The van der Waals surface area contributed by atoms with Crippen molar-refractivity contribution in [1.29, 1.82) is 0 Å². The third kappa shape index (κ3) is 4.87. The monoisotopic (exact) mass is 646 g/mol. The molecule has 0 unspecified atom stereocenters. The molecular weight excluding hydrogens is 632 g/mol. The molecule has 0 heterocycles. The second-order valence-electron chi connectivity index (χ2n) is 4.33. The van der Waals surface area contributed by atoms with Crippen molar-refractivity contribution in [1.82, 2.24) is 0 Å². The number of hydrogen-bond acceptors (Lipinski definition) is 0. The van der Waals surface area contributed by atoms with Crippen LogP contribution in [-0.2, 0) is 0 Å². The van der Waals surface area contributed by atoms with Gasteiger partial charge in [-0.2, -0.15) is 0 Å². The van der Waals surface area contributed by atoms with Gasteiger partial charge in [0.25, 0.3) is 0 Å². The van der Waals surface area contributed by atoms with Crippen LogP contribution in [0.2, 0.25) is 10.9 Å².